The first-order valence-electron chi connectivity index (χ1n) is 20.7. The molecule has 0 N–H and O–H groups in total. The van der Waals surface area contributed by atoms with Gasteiger partial charge in [0.15, 0.2) is 0 Å². The fraction of sp³-hybridized carbons (Fsp3) is 0.0690. The molecule has 0 aliphatic heterocycles. The summed E-state index contributed by atoms with van der Waals surface area (Å²) in [5.41, 5.74) is 16.4. The van der Waals surface area contributed by atoms with Crippen LogP contribution in [0.1, 0.15) is 44.5 Å². The minimum atomic E-state index is 1.10. The molecule has 0 amide bonds. The van der Waals surface area contributed by atoms with E-state index in [1.807, 2.05) is 0 Å². The van der Waals surface area contributed by atoms with E-state index in [0.29, 0.717) is 0 Å². The summed E-state index contributed by atoms with van der Waals surface area (Å²) < 4.78 is 0. The van der Waals surface area contributed by atoms with E-state index >= 15 is 0 Å². The van der Waals surface area contributed by atoms with Crippen LogP contribution in [0.4, 0.5) is 34.1 Å². The van der Waals surface area contributed by atoms with Gasteiger partial charge in [0.1, 0.15) is 0 Å². The van der Waals surface area contributed by atoms with Gasteiger partial charge in [-0.2, -0.15) is 0 Å². The average molecular weight is 773 g/mol. The molecule has 2 nitrogen and oxygen atoms in total. The van der Waals surface area contributed by atoms with Crippen molar-refractivity contribution in [3.63, 3.8) is 0 Å². The van der Waals surface area contributed by atoms with Crippen LogP contribution in [-0.2, 0) is 0 Å². The zero-order valence-electron chi connectivity index (χ0n) is 34.7. The second-order valence-corrected chi connectivity index (χ2v) is 15.8. The topological polar surface area (TPSA) is 6.48 Å². The van der Waals surface area contributed by atoms with Gasteiger partial charge in [-0.1, -0.05) is 192 Å². The van der Waals surface area contributed by atoms with Crippen molar-refractivity contribution in [2.75, 3.05) is 9.80 Å². The highest BCUT2D eigenvalue weighted by Gasteiger charge is 2.25. The lowest BCUT2D eigenvalue weighted by molar-refractivity contribution is 1.28. The highest BCUT2D eigenvalue weighted by Crippen LogP contribution is 2.51. The van der Waals surface area contributed by atoms with Crippen molar-refractivity contribution in [3.05, 3.63) is 239 Å². The Labute approximate surface area is 354 Å². The molecule has 0 unspecified atom stereocenters. The highest BCUT2D eigenvalue weighted by atomic mass is 15.2. The van der Waals surface area contributed by atoms with Crippen LogP contribution in [0.2, 0.25) is 0 Å². The molecule has 0 fully saturated rings. The van der Waals surface area contributed by atoms with Crippen molar-refractivity contribution < 1.29 is 0 Å². The van der Waals surface area contributed by atoms with Crippen molar-refractivity contribution >= 4 is 80.0 Å². The van der Waals surface area contributed by atoms with Gasteiger partial charge in [-0.05, 0) is 98.5 Å². The molecule has 2 heteroatoms. The van der Waals surface area contributed by atoms with Gasteiger partial charge in [0, 0.05) is 44.3 Å². The third kappa shape index (κ3) is 8.01. The molecule has 9 aromatic carbocycles. The Hall–Kier alpha value is -7.42. The Balaban J connectivity index is 1.21. The Morgan fingerprint density at radius 2 is 0.450 bits per heavy atom. The van der Waals surface area contributed by atoms with Gasteiger partial charge in [-0.25, -0.2) is 0 Å². The predicted molar refractivity (Wildman–Crippen MR) is 261 cm³/mol. The highest BCUT2D eigenvalue weighted by molar-refractivity contribution is 6.23. The van der Waals surface area contributed by atoms with Gasteiger partial charge >= 0.3 is 0 Å². The van der Waals surface area contributed by atoms with Gasteiger partial charge in [0.25, 0.3) is 0 Å². The lowest BCUT2D eigenvalue weighted by Crippen LogP contribution is -2.14. The molecule has 0 spiro atoms. The van der Waals surface area contributed by atoms with Crippen LogP contribution in [0, 0.1) is 27.7 Å². The van der Waals surface area contributed by atoms with E-state index in [4.69, 9.17) is 0 Å². The summed E-state index contributed by atoms with van der Waals surface area (Å²) in [6.45, 7) is 8.54. The second-order valence-electron chi connectivity index (χ2n) is 15.8. The third-order valence-corrected chi connectivity index (χ3v) is 11.3. The molecule has 0 atom stereocenters. The number of benzene rings is 9. The number of anilines is 6. The second kappa shape index (κ2) is 16.8. The minimum Gasteiger partial charge on any atom is -0.309 e. The molecular formula is C58H48N2. The molecule has 0 bridgehead atoms. The van der Waals surface area contributed by atoms with Crippen molar-refractivity contribution in [2.24, 2.45) is 0 Å². The van der Waals surface area contributed by atoms with E-state index in [2.05, 4.69) is 256 Å². The van der Waals surface area contributed by atoms with E-state index in [9.17, 15) is 0 Å². The molecule has 0 aliphatic carbocycles. The maximum atomic E-state index is 2.44. The van der Waals surface area contributed by atoms with Gasteiger partial charge in [-0.15, -0.1) is 0 Å². The first-order valence-corrected chi connectivity index (χ1v) is 20.7. The summed E-state index contributed by atoms with van der Waals surface area (Å²) in [6.07, 6.45) is 8.75. The van der Waals surface area contributed by atoms with Crippen molar-refractivity contribution in [2.45, 2.75) is 27.7 Å². The van der Waals surface area contributed by atoms with Crippen LogP contribution in [0.3, 0.4) is 0 Å². The molecule has 9 rings (SSSR count). The lowest BCUT2D eigenvalue weighted by atomic mass is 9.95. The van der Waals surface area contributed by atoms with Crippen LogP contribution in [0.15, 0.2) is 194 Å². The Morgan fingerprint density at radius 1 is 0.250 bits per heavy atom. The summed E-state index contributed by atoms with van der Waals surface area (Å²) in [7, 11) is 0. The van der Waals surface area contributed by atoms with E-state index in [0.717, 1.165) is 45.3 Å². The molecule has 290 valence electrons. The number of fused-ring (bicyclic) bond motifs is 2. The SMILES string of the molecule is Cc1ccc(C=Cc2ccc(N(c3ccc(C)cc3)c3c4ccccc4c(N(c4ccc(C)cc4)c4ccc(C=Cc5ccc(C)cc5)cc4)c4ccccc34)cc2)cc1. The van der Waals surface area contributed by atoms with Crippen molar-refractivity contribution in [1.29, 1.82) is 0 Å². The zero-order valence-corrected chi connectivity index (χ0v) is 34.7. The Kier molecular flexibility index (Phi) is 10.7. The monoisotopic (exact) mass is 772 g/mol. The van der Waals surface area contributed by atoms with Crippen molar-refractivity contribution in [1.82, 2.24) is 0 Å². The van der Waals surface area contributed by atoms with Crippen LogP contribution in [0.25, 0.3) is 45.8 Å². The number of hydrogen-bond acceptors (Lipinski definition) is 2. The van der Waals surface area contributed by atoms with Gasteiger partial charge in [0.2, 0.25) is 0 Å². The smallest absolute Gasteiger partial charge is 0.0619 e. The summed E-state index contributed by atoms with van der Waals surface area (Å²) in [4.78, 5) is 4.87. The summed E-state index contributed by atoms with van der Waals surface area (Å²) in [5.74, 6) is 0. The van der Waals surface area contributed by atoms with Gasteiger partial charge < -0.3 is 9.80 Å². The summed E-state index contributed by atoms with van der Waals surface area (Å²) in [6, 6.07) is 70.8. The van der Waals surface area contributed by atoms with Gasteiger partial charge in [0.05, 0.1) is 11.4 Å². The molecule has 0 saturated carbocycles. The van der Waals surface area contributed by atoms with Crippen LogP contribution in [0.5, 0.6) is 0 Å². The quantitative estimate of drug-likeness (QED) is 0.0776. The Bertz CT molecular complexity index is 2690. The first-order chi connectivity index (χ1) is 29.4. The fourth-order valence-corrected chi connectivity index (χ4v) is 7.98. The fourth-order valence-electron chi connectivity index (χ4n) is 7.98. The van der Waals surface area contributed by atoms with Crippen LogP contribution >= 0.6 is 0 Å². The number of aryl methyl sites for hydroxylation is 4. The van der Waals surface area contributed by atoms with Crippen molar-refractivity contribution in [3.8, 4) is 0 Å². The Morgan fingerprint density at radius 3 is 0.700 bits per heavy atom. The molecule has 0 heterocycles. The zero-order chi connectivity index (χ0) is 41.0. The van der Waals surface area contributed by atoms with E-state index in [1.165, 1.54) is 54.9 Å². The number of rotatable bonds is 10. The third-order valence-electron chi connectivity index (χ3n) is 11.3. The number of hydrogen-bond donors (Lipinski definition) is 0. The van der Waals surface area contributed by atoms with E-state index in [-0.39, 0.29) is 0 Å². The molecule has 60 heavy (non-hydrogen) atoms. The predicted octanol–water partition coefficient (Wildman–Crippen LogP) is 16.5. The standard InChI is InChI=1S/C58H48N2/c1-41-13-21-45(22-14-41)25-27-47-29-37-51(38-30-47)59(49-33-17-43(3)18-34-49)57-53-9-5-7-11-55(53)58(56-12-8-6-10-54(56)57)60(50-35-19-44(4)20-36-50)52-39-31-48(32-40-52)28-26-46-23-15-42(2)16-24-46/h5-40H,1-4H3. The maximum absolute atomic E-state index is 2.44. The first kappa shape index (κ1) is 38.1. The van der Waals surface area contributed by atoms with Crippen LogP contribution in [-0.4, -0.2) is 0 Å². The summed E-state index contributed by atoms with van der Waals surface area (Å²) >= 11 is 0. The van der Waals surface area contributed by atoms with E-state index < -0.39 is 0 Å². The van der Waals surface area contributed by atoms with Gasteiger partial charge in [-0.3, -0.25) is 0 Å². The molecule has 0 aliphatic rings. The maximum Gasteiger partial charge on any atom is 0.0619 e. The minimum absolute atomic E-state index is 1.10. The largest absolute Gasteiger partial charge is 0.309 e. The van der Waals surface area contributed by atoms with E-state index in [1.54, 1.807) is 0 Å². The number of nitrogens with zero attached hydrogens (tertiary/aromatic N) is 2. The molecule has 9 aromatic rings. The molecule has 0 saturated heterocycles. The molecular weight excluding hydrogens is 725 g/mol. The molecule has 0 radical (unpaired) electrons. The van der Waals surface area contributed by atoms with Crippen LogP contribution < -0.4 is 9.80 Å². The molecule has 0 aromatic heterocycles. The lowest BCUT2D eigenvalue weighted by Gasteiger charge is -2.33. The normalized spacial score (nSPS) is 11.5. The summed E-state index contributed by atoms with van der Waals surface area (Å²) in [5, 5.41) is 4.68. The average Bonchev–Trinajstić information content (AvgIpc) is 3.28.